The second-order valence-corrected chi connectivity index (χ2v) is 5.94. The second-order valence-electron chi connectivity index (χ2n) is 5.53. The van der Waals surface area contributed by atoms with Crippen molar-refractivity contribution in [1.29, 1.82) is 0 Å². The number of likely N-dealkylation sites (N-methyl/N-ethyl adjacent to an activating group) is 1. The topological polar surface area (TPSA) is 32.5 Å². The summed E-state index contributed by atoms with van der Waals surface area (Å²) in [4.78, 5) is 4.92. The molecule has 2 rings (SSSR count). The molecule has 0 radical (unpaired) electrons. The monoisotopic (exact) mass is 281 g/mol. The van der Waals surface area contributed by atoms with E-state index < -0.39 is 0 Å². The Bertz CT molecular complexity index is 447. The van der Waals surface area contributed by atoms with Crippen LogP contribution >= 0.6 is 11.6 Å². The van der Waals surface area contributed by atoms with Crippen LogP contribution in [0.4, 0.5) is 11.4 Å². The summed E-state index contributed by atoms with van der Waals surface area (Å²) in [6.45, 7) is 7.73. The van der Waals surface area contributed by atoms with Gasteiger partial charge in [-0.05, 0) is 51.1 Å². The molecule has 106 valence electrons. The largest absolute Gasteiger partial charge is 0.398 e. The van der Waals surface area contributed by atoms with E-state index in [-0.39, 0.29) is 0 Å². The fourth-order valence-electron chi connectivity index (χ4n) is 2.91. The van der Waals surface area contributed by atoms with Crippen molar-refractivity contribution in [2.75, 3.05) is 37.3 Å². The van der Waals surface area contributed by atoms with Gasteiger partial charge in [0, 0.05) is 24.8 Å². The van der Waals surface area contributed by atoms with Crippen LogP contribution in [0.3, 0.4) is 0 Å². The van der Waals surface area contributed by atoms with Crippen LogP contribution < -0.4 is 10.6 Å². The number of anilines is 2. The molecule has 0 aromatic heterocycles. The van der Waals surface area contributed by atoms with Crippen molar-refractivity contribution in [3.8, 4) is 0 Å². The van der Waals surface area contributed by atoms with Gasteiger partial charge in [-0.2, -0.15) is 0 Å². The lowest BCUT2D eigenvalue weighted by Gasteiger charge is -2.33. The Morgan fingerprint density at radius 3 is 2.79 bits per heavy atom. The molecule has 1 aliphatic rings. The van der Waals surface area contributed by atoms with Gasteiger partial charge in [-0.15, -0.1) is 0 Å². The first kappa shape index (κ1) is 14.5. The molecule has 1 saturated heterocycles. The van der Waals surface area contributed by atoms with E-state index in [9.17, 15) is 0 Å². The zero-order valence-electron chi connectivity index (χ0n) is 12.1. The maximum atomic E-state index is 6.20. The van der Waals surface area contributed by atoms with E-state index in [1.165, 1.54) is 17.7 Å². The Morgan fingerprint density at radius 2 is 2.11 bits per heavy atom. The van der Waals surface area contributed by atoms with Crippen LogP contribution in [-0.4, -0.2) is 37.6 Å². The average Bonchev–Trinajstić information content (AvgIpc) is 2.55. The third-order valence-electron chi connectivity index (χ3n) is 4.00. The minimum Gasteiger partial charge on any atom is -0.398 e. The zero-order valence-corrected chi connectivity index (χ0v) is 12.9. The van der Waals surface area contributed by atoms with Gasteiger partial charge < -0.3 is 15.5 Å². The molecule has 0 amide bonds. The summed E-state index contributed by atoms with van der Waals surface area (Å²) in [6, 6.07) is 4.56. The molecule has 1 heterocycles. The second kappa shape index (κ2) is 6.02. The Balaban J connectivity index is 2.35. The highest BCUT2D eigenvalue weighted by Gasteiger charge is 2.23. The predicted molar refractivity (Wildman–Crippen MR) is 84.1 cm³/mol. The van der Waals surface area contributed by atoms with E-state index >= 15 is 0 Å². The lowest BCUT2D eigenvalue weighted by atomic mass is 10.1. The maximum absolute atomic E-state index is 6.20. The Morgan fingerprint density at radius 1 is 1.37 bits per heavy atom. The molecule has 1 atom stereocenters. The Kier molecular flexibility index (Phi) is 4.58. The molecule has 1 aromatic carbocycles. The van der Waals surface area contributed by atoms with Crippen LogP contribution in [0, 0.1) is 6.92 Å². The minimum absolute atomic E-state index is 0.547. The van der Waals surface area contributed by atoms with Crippen molar-refractivity contribution in [3.05, 3.63) is 22.7 Å². The highest BCUT2D eigenvalue weighted by molar-refractivity contribution is 6.33. The van der Waals surface area contributed by atoms with Crippen LogP contribution in [0.2, 0.25) is 5.02 Å². The molecular formula is C15H24ClN3. The van der Waals surface area contributed by atoms with Crippen molar-refractivity contribution < 1.29 is 0 Å². The van der Waals surface area contributed by atoms with Crippen molar-refractivity contribution in [3.63, 3.8) is 0 Å². The van der Waals surface area contributed by atoms with E-state index in [1.54, 1.807) is 0 Å². The number of nitrogen functional groups attached to an aromatic ring is 1. The van der Waals surface area contributed by atoms with E-state index in [1.807, 2.05) is 12.1 Å². The molecule has 0 aliphatic carbocycles. The van der Waals surface area contributed by atoms with E-state index in [0.717, 1.165) is 26.1 Å². The highest BCUT2D eigenvalue weighted by Crippen LogP contribution is 2.32. The lowest BCUT2D eigenvalue weighted by molar-refractivity contribution is 0.328. The smallest absolute Gasteiger partial charge is 0.0656 e. The number of aryl methyl sites for hydroxylation is 1. The summed E-state index contributed by atoms with van der Waals surface area (Å²) in [6.07, 6.45) is 2.33. The standard InChI is InChI=1S/C15H24ClN3/c1-4-12-10-18(3)6-5-7-19(12)15-9-13(16)14(17)8-11(15)2/h8-9,12H,4-7,10,17H2,1-3H3. The molecule has 4 heteroatoms. The molecule has 0 spiro atoms. The molecule has 1 aromatic rings. The number of hydrogen-bond donors (Lipinski definition) is 1. The van der Waals surface area contributed by atoms with Crippen LogP contribution in [0.5, 0.6) is 0 Å². The third kappa shape index (κ3) is 3.15. The Hall–Kier alpha value is -0.930. The molecule has 0 saturated carbocycles. The summed E-state index contributed by atoms with van der Waals surface area (Å²) in [5.41, 5.74) is 9.00. The van der Waals surface area contributed by atoms with Gasteiger partial charge >= 0.3 is 0 Å². The van der Waals surface area contributed by atoms with Crippen LogP contribution in [0.15, 0.2) is 12.1 Å². The van der Waals surface area contributed by atoms with Crippen molar-refractivity contribution >= 4 is 23.0 Å². The number of benzene rings is 1. The van der Waals surface area contributed by atoms with Gasteiger partial charge in [0.05, 0.1) is 10.7 Å². The molecule has 1 aliphatic heterocycles. The van der Waals surface area contributed by atoms with Gasteiger partial charge in [0.1, 0.15) is 0 Å². The fraction of sp³-hybridized carbons (Fsp3) is 0.600. The van der Waals surface area contributed by atoms with Gasteiger partial charge in [0.2, 0.25) is 0 Å². The van der Waals surface area contributed by atoms with E-state index in [2.05, 4.69) is 30.7 Å². The van der Waals surface area contributed by atoms with Gasteiger partial charge in [0.25, 0.3) is 0 Å². The SMILES string of the molecule is CCC1CN(C)CCCN1c1cc(Cl)c(N)cc1C. The molecule has 0 bridgehead atoms. The van der Waals surface area contributed by atoms with Crippen molar-refractivity contribution in [2.24, 2.45) is 0 Å². The van der Waals surface area contributed by atoms with Gasteiger partial charge in [-0.3, -0.25) is 0 Å². The fourth-order valence-corrected chi connectivity index (χ4v) is 3.07. The number of rotatable bonds is 2. The molecular weight excluding hydrogens is 258 g/mol. The highest BCUT2D eigenvalue weighted by atomic mass is 35.5. The number of nitrogens with zero attached hydrogens (tertiary/aromatic N) is 2. The predicted octanol–water partition coefficient (Wildman–Crippen LogP) is 3.15. The van der Waals surface area contributed by atoms with E-state index in [0.29, 0.717) is 16.8 Å². The summed E-state index contributed by atoms with van der Waals surface area (Å²) >= 11 is 6.20. The number of nitrogens with two attached hydrogens (primary N) is 1. The first-order valence-corrected chi connectivity index (χ1v) is 7.41. The maximum Gasteiger partial charge on any atom is 0.0656 e. The normalized spacial score (nSPS) is 21.5. The van der Waals surface area contributed by atoms with Crippen LogP contribution in [0.1, 0.15) is 25.3 Å². The van der Waals surface area contributed by atoms with Crippen LogP contribution in [-0.2, 0) is 0 Å². The summed E-state index contributed by atoms with van der Waals surface area (Å²) < 4.78 is 0. The first-order chi connectivity index (χ1) is 9.02. The third-order valence-corrected chi connectivity index (χ3v) is 4.33. The quantitative estimate of drug-likeness (QED) is 0.846. The Labute approximate surface area is 121 Å². The van der Waals surface area contributed by atoms with Gasteiger partial charge in [-0.1, -0.05) is 18.5 Å². The molecule has 3 nitrogen and oxygen atoms in total. The summed E-state index contributed by atoms with van der Waals surface area (Å²) in [7, 11) is 2.20. The van der Waals surface area contributed by atoms with Crippen molar-refractivity contribution in [2.45, 2.75) is 32.7 Å². The average molecular weight is 282 g/mol. The van der Waals surface area contributed by atoms with E-state index in [4.69, 9.17) is 17.3 Å². The lowest BCUT2D eigenvalue weighted by Crippen LogP contribution is -2.40. The van der Waals surface area contributed by atoms with Gasteiger partial charge in [-0.25, -0.2) is 0 Å². The number of hydrogen-bond acceptors (Lipinski definition) is 3. The zero-order chi connectivity index (χ0) is 14.0. The molecule has 1 fully saturated rings. The summed E-state index contributed by atoms with van der Waals surface area (Å²) in [5, 5.41) is 0.660. The number of halogens is 1. The van der Waals surface area contributed by atoms with Crippen LogP contribution in [0.25, 0.3) is 0 Å². The first-order valence-electron chi connectivity index (χ1n) is 7.03. The molecule has 1 unspecified atom stereocenters. The van der Waals surface area contributed by atoms with Gasteiger partial charge in [0.15, 0.2) is 0 Å². The molecule has 19 heavy (non-hydrogen) atoms. The molecule has 2 N–H and O–H groups in total. The minimum atomic E-state index is 0.547. The summed E-state index contributed by atoms with van der Waals surface area (Å²) in [5.74, 6) is 0. The van der Waals surface area contributed by atoms with Crippen molar-refractivity contribution in [1.82, 2.24) is 4.90 Å².